The molecule has 0 saturated heterocycles. The summed E-state index contributed by atoms with van der Waals surface area (Å²) in [5, 5.41) is 1.04. The first kappa shape index (κ1) is 20.1. The molecule has 0 unspecified atom stereocenters. The number of para-hydroxylation sites is 1. The Morgan fingerprint density at radius 2 is 1.86 bits per heavy atom. The molecule has 3 aromatic rings. The number of aryl methyl sites for hydroxylation is 1. The van der Waals surface area contributed by atoms with Crippen molar-refractivity contribution < 1.29 is 9.53 Å². The predicted octanol–water partition coefficient (Wildman–Crippen LogP) is 4.38. The zero-order chi connectivity index (χ0) is 19.9. The molecule has 0 aliphatic rings. The van der Waals surface area contributed by atoms with Crippen molar-refractivity contribution in [2.45, 2.75) is 38.3 Å². The molecule has 28 heavy (non-hydrogen) atoms. The first-order valence-corrected chi connectivity index (χ1v) is 10.5. The first-order valence-electron chi connectivity index (χ1n) is 9.53. The first-order chi connectivity index (χ1) is 13.6. The fraction of sp³-hybridized carbons (Fsp3) is 0.318. The van der Waals surface area contributed by atoms with Gasteiger partial charge in [0.25, 0.3) is 5.56 Å². The van der Waals surface area contributed by atoms with Crippen LogP contribution >= 0.6 is 11.8 Å². The lowest BCUT2D eigenvalue weighted by molar-refractivity contribution is -0.140. The molecule has 0 aliphatic carbocycles. The second kappa shape index (κ2) is 9.55. The number of ether oxygens (including phenoxy) is 1. The maximum atomic E-state index is 13.2. The highest BCUT2D eigenvalue weighted by molar-refractivity contribution is 7.99. The third-order valence-corrected chi connectivity index (χ3v) is 5.34. The van der Waals surface area contributed by atoms with Crippen LogP contribution in [0.5, 0.6) is 0 Å². The molecular formula is C22H24N2O3S. The number of carbonyl (C=O) groups is 1. The summed E-state index contributed by atoms with van der Waals surface area (Å²) in [4.78, 5) is 29.8. The number of unbranched alkanes of at least 4 members (excludes halogenated alkanes) is 1. The molecule has 146 valence electrons. The number of aromatic nitrogens is 2. The van der Waals surface area contributed by atoms with Gasteiger partial charge in [-0.1, -0.05) is 56.3 Å². The third-order valence-electron chi connectivity index (χ3n) is 4.43. The SMILES string of the molecule is CCCCOC(=O)CSc1nc2ccccc2c(=O)n1-c1ccc(CC)cc1. The molecule has 6 heteroatoms. The van der Waals surface area contributed by atoms with Gasteiger partial charge in [-0.15, -0.1) is 0 Å². The molecule has 0 bridgehead atoms. The summed E-state index contributed by atoms with van der Waals surface area (Å²) in [6, 6.07) is 15.1. The minimum atomic E-state index is -0.297. The van der Waals surface area contributed by atoms with Crippen molar-refractivity contribution in [2.24, 2.45) is 0 Å². The Balaban J connectivity index is 1.97. The summed E-state index contributed by atoms with van der Waals surface area (Å²) in [5.41, 5.74) is 2.41. The van der Waals surface area contributed by atoms with Crippen LogP contribution in [-0.4, -0.2) is 27.9 Å². The molecule has 0 fully saturated rings. The van der Waals surface area contributed by atoms with E-state index in [-0.39, 0.29) is 17.3 Å². The van der Waals surface area contributed by atoms with Gasteiger partial charge >= 0.3 is 5.97 Å². The van der Waals surface area contributed by atoms with Crippen molar-refractivity contribution in [1.29, 1.82) is 0 Å². The normalized spacial score (nSPS) is 10.9. The van der Waals surface area contributed by atoms with E-state index in [1.165, 1.54) is 17.3 Å². The number of nitrogens with zero attached hydrogens (tertiary/aromatic N) is 2. The third kappa shape index (κ3) is 4.62. The second-order valence-electron chi connectivity index (χ2n) is 6.43. The Bertz CT molecular complexity index is 1010. The maximum absolute atomic E-state index is 13.2. The van der Waals surface area contributed by atoms with Gasteiger partial charge in [-0.2, -0.15) is 0 Å². The van der Waals surface area contributed by atoms with Gasteiger partial charge in [-0.05, 0) is 42.7 Å². The van der Waals surface area contributed by atoms with Crippen LogP contribution < -0.4 is 5.56 Å². The molecule has 2 aromatic carbocycles. The van der Waals surface area contributed by atoms with E-state index < -0.39 is 0 Å². The summed E-state index contributed by atoms with van der Waals surface area (Å²) in [5.74, 6) is -0.185. The molecule has 0 radical (unpaired) electrons. The highest BCUT2D eigenvalue weighted by Gasteiger charge is 2.15. The zero-order valence-electron chi connectivity index (χ0n) is 16.2. The van der Waals surface area contributed by atoms with E-state index in [4.69, 9.17) is 4.74 Å². The van der Waals surface area contributed by atoms with Crippen molar-refractivity contribution in [3.8, 4) is 5.69 Å². The highest BCUT2D eigenvalue weighted by atomic mass is 32.2. The fourth-order valence-electron chi connectivity index (χ4n) is 2.81. The van der Waals surface area contributed by atoms with Crippen LogP contribution in [0.1, 0.15) is 32.3 Å². The molecular weight excluding hydrogens is 372 g/mol. The Kier molecular flexibility index (Phi) is 6.87. The van der Waals surface area contributed by atoms with Gasteiger partial charge in [0.05, 0.1) is 29.0 Å². The summed E-state index contributed by atoms with van der Waals surface area (Å²) < 4.78 is 6.80. The van der Waals surface area contributed by atoms with Crippen molar-refractivity contribution in [2.75, 3.05) is 12.4 Å². The quantitative estimate of drug-likeness (QED) is 0.245. The topological polar surface area (TPSA) is 61.2 Å². The number of esters is 1. The Morgan fingerprint density at radius 3 is 2.57 bits per heavy atom. The van der Waals surface area contributed by atoms with Crippen LogP contribution in [0.3, 0.4) is 0 Å². The average Bonchev–Trinajstić information content (AvgIpc) is 2.73. The van der Waals surface area contributed by atoms with Crippen LogP contribution in [0.25, 0.3) is 16.6 Å². The van der Waals surface area contributed by atoms with E-state index in [1.54, 1.807) is 10.6 Å². The van der Waals surface area contributed by atoms with Gasteiger partial charge in [0.1, 0.15) is 0 Å². The molecule has 3 rings (SSSR count). The molecule has 1 aromatic heterocycles. The largest absolute Gasteiger partial charge is 0.465 e. The number of carbonyl (C=O) groups excluding carboxylic acids is 1. The van der Waals surface area contributed by atoms with Gasteiger partial charge in [-0.3, -0.25) is 14.2 Å². The number of hydrogen-bond donors (Lipinski definition) is 0. The summed E-state index contributed by atoms with van der Waals surface area (Å²) in [6.45, 7) is 4.56. The minimum Gasteiger partial charge on any atom is -0.465 e. The predicted molar refractivity (Wildman–Crippen MR) is 113 cm³/mol. The lowest BCUT2D eigenvalue weighted by atomic mass is 10.1. The lowest BCUT2D eigenvalue weighted by Crippen LogP contribution is -2.22. The molecule has 0 spiro atoms. The van der Waals surface area contributed by atoms with Gasteiger partial charge in [0.15, 0.2) is 5.16 Å². The number of hydrogen-bond acceptors (Lipinski definition) is 5. The minimum absolute atomic E-state index is 0.113. The standard InChI is InChI=1S/C22H24N2O3S/c1-3-5-14-27-20(25)15-28-22-23-19-9-7-6-8-18(19)21(26)24(22)17-12-10-16(4-2)11-13-17/h6-13H,3-5,14-15H2,1-2H3. The van der Waals surface area contributed by atoms with Crippen LogP contribution in [0, 0.1) is 0 Å². The number of thioether (sulfide) groups is 1. The highest BCUT2D eigenvalue weighted by Crippen LogP contribution is 2.22. The average molecular weight is 397 g/mol. The molecule has 0 aliphatic heterocycles. The molecule has 0 atom stereocenters. The van der Waals surface area contributed by atoms with Gasteiger partial charge in [0, 0.05) is 0 Å². The molecule has 0 amide bonds. The van der Waals surface area contributed by atoms with E-state index >= 15 is 0 Å². The van der Waals surface area contributed by atoms with Crippen molar-refractivity contribution in [1.82, 2.24) is 9.55 Å². The fourth-order valence-corrected chi connectivity index (χ4v) is 3.62. The van der Waals surface area contributed by atoms with E-state index in [1.807, 2.05) is 49.4 Å². The van der Waals surface area contributed by atoms with Gasteiger partial charge < -0.3 is 4.74 Å². The van der Waals surface area contributed by atoms with E-state index in [9.17, 15) is 9.59 Å². The van der Waals surface area contributed by atoms with Gasteiger partial charge in [0.2, 0.25) is 0 Å². The maximum Gasteiger partial charge on any atom is 0.316 e. The summed E-state index contributed by atoms with van der Waals surface area (Å²) in [6.07, 6.45) is 2.75. The smallest absolute Gasteiger partial charge is 0.316 e. The van der Waals surface area contributed by atoms with Crippen molar-refractivity contribution in [3.63, 3.8) is 0 Å². The molecule has 0 N–H and O–H groups in total. The number of fused-ring (bicyclic) bond motifs is 1. The van der Waals surface area contributed by atoms with Crippen molar-refractivity contribution >= 4 is 28.6 Å². The lowest BCUT2D eigenvalue weighted by Gasteiger charge is -2.13. The number of rotatable bonds is 8. The molecule has 0 saturated carbocycles. The number of benzene rings is 2. The van der Waals surface area contributed by atoms with Gasteiger partial charge in [-0.25, -0.2) is 4.98 Å². The zero-order valence-corrected chi connectivity index (χ0v) is 17.0. The van der Waals surface area contributed by atoms with Crippen LogP contribution in [0.4, 0.5) is 0 Å². The van der Waals surface area contributed by atoms with Crippen LogP contribution in [0.15, 0.2) is 58.5 Å². The Labute approximate surface area is 168 Å². The summed E-state index contributed by atoms with van der Waals surface area (Å²) >= 11 is 1.22. The van der Waals surface area contributed by atoms with Crippen molar-refractivity contribution in [3.05, 3.63) is 64.4 Å². The van der Waals surface area contributed by atoms with E-state index in [0.717, 1.165) is 24.9 Å². The molecule has 1 heterocycles. The summed E-state index contributed by atoms with van der Waals surface area (Å²) in [7, 11) is 0. The monoisotopic (exact) mass is 396 g/mol. The van der Waals surface area contributed by atoms with Crippen LogP contribution in [-0.2, 0) is 16.0 Å². The van der Waals surface area contributed by atoms with Crippen LogP contribution in [0.2, 0.25) is 0 Å². The van der Waals surface area contributed by atoms with E-state index in [2.05, 4.69) is 11.9 Å². The molecule has 5 nitrogen and oxygen atoms in total. The Hall–Kier alpha value is -2.60. The second-order valence-corrected chi connectivity index (χ2v) is 7.38. The Morgan fingerprint density at radius 1 is 1.11 bits per heavy atom. The van der Waals surface area contributed by atoms with E-state index in [0.29, 0.717) is 22.7 Å².